The van der Waals surface area contributed by atoms with Crippen molar-refractivity contribution in [2.24, 2.45) is 16.6 Å². The number of carbonyl (C=O) groups excluding carboxylic acids is 1. The first-order valence-electron chi connectivity index (χ1n) is 10.0. The van der Waals surface area contributed by atoms with Gasteiger partial charge in [0.1, 0.15) is 29.1 Å². The van der Waals surface area contributed by atoms with E-state index in [1.54, 1.807) is 14.0 Å². The average molecular weight is 460 g/mol. The van der Waals surface area contributed by atoms with Crippen molar-refractivity contribution >= 4 is 17.3 Å². The molecule has 3 aromatic rings. The summed E-state index contributed by atoms with van der Waals surface area (Å²) in [4.78, 5) is 20.7. The Hall–Kier alpha value is -3.89. The van der Waals surface area contributed by atoms with Crippen molar-refractivity contribution in [2.75, 3.05) is 7.05 Å². The van der Waals surface area contributed by atoms with Crippen molar-refractivity contribution in [1.29, 1.82) is 0 Å². The minimum atomic E-state index is -1.33. The standard InChI is InChI=1S/C22H20F4N6O/c1-10-18(21(28-2)31-22(10)33)20(27)29-8-15-16-6-3-11(23)9-32(16)17(30-15)7-12-13(24)4-5-14(25)19(12)26/h3-6,9-10,28H,7-8H2,1-2H3,(H2,27,29)(H,31,33). The number of amides is 1. The summed E-state index contributed by atoms with van der Waals surface area (Å²) in [7, 11) is 1.63. The molecule has 172 valence electrons. The summed E-state index contributed by atoms with van der Waals surface area (Å²) in [5.74, 6) is -4.15. The van der Waals surface area contributed by atoms with Crippen LogP contribution in [0, 0.1) is 29.2 Å². The minimum absolute atomic E-state index is 0.0452. The molecule has 0 fully saturated rings. The second-order valence-electron chi connectivity index (χ2n) is 7.53. The van der Waals surface area contributed by atoms with Gasteiger partial charge in [0, 0.05) is 30.8 Å². The van der Waals surface area contributed by atoms with Crippen molar-refractivity contribution in [2.45, 2.75) is 19.9 Å². The van der Waals surface area contributed by atoms with Gasteiger partial charge in [0.25, 0.3) is 0 Å². The van der Waals surface area contributed by atoms with E-state index in [1.165, 1.54) is 16.5 Å². The van der Waals surface area contributed by atoms with E-state index in [4.69, 9.17) is 5.73 Å². The third-order valence-electron chi connectivity index (χ3n) is 5.49. The first-order valence-corrected chi connectivity index (χ1v) is 10.0. The Balaban J connectivity index is 1.72. The number of carbonyl (C=O) groups is 1. The first-order chi connectivity index (χ1) is 15.7. The first kappa shape index (κ1) is 22.3. The molecule has 0 saturated heterocycles. The SMILES string of the molecule is CNC1=C(C(N)=NCc2nc(Cc3c(F)ccc(F)c3F)n3cc(F)ccc23)C(C)C(=O)N1. The molecule has 11 heteroatoms. The van der Waals surface area contributed by atoms with Crippen LogP contribution in [0.1, 0.15) is 24.0 Å². The predicted octanol–water partition coefficient (Wildman–Crippen LogP) is 2.54. The number of hydrogen-bond donors (Lipinski definition) is 3. The Morgan fingerprint density at radius 2 is 1.94 bits per heavy atom. The van der Waals surface area contributed by atoms with Crippen LogP contribution in [-0.4, -0.2) is 28.2 Å². The number of nitrogens with zero attached hydrogens (tertiary/aromatic N) is 3. The highest BCUT2D eigenvalue weighted by molar-refractivity contribution is 6.06. The lowest BCUT2D eigenvalue weighted by molar-refractivity contribution is -0.121. The van der Waals surface area contributed by atoms with E-state index in [2.05, 4.69) is 20.6 Å². The maximum absolute atomic E-state index is 14.2. The van der Waals surface area contributed by atoms with Crippen LogP contribution >= 0.6 is 0 Å². The van der Waals surface area contributed by atoms with Crippen LogP contribution in [0.15, 0.2) is 46.8 Å². The van der Waals surface area contributed by atoms with Gasteiger partial charge in [0.2, 0.25) is 5.91 Å². The maximum atomic E-state index is 14.2. The van der Waals surface area contributed by atoms with Crippen molar-refractivity contribution < 1.29 is 22.4 Å². The number of aliphatic imine (C=N–C) groups is 1. The van der Waals surface area contributed by atoms with Crippen LogP contribution in [0.2, 0.25) is 0 Å². The third-order valence-corrected chi connectivity index (χ3v) is 5.49. The molecule has 7 nitrogen and oxygen atoms in total. The fourth-order valence-electron chi connectivity index (χ4n) is 3.76. The van der Waals surface area contributed by atoms with Gasteiger partial charge in [0.05, 0.1) is 23.7 Å². The number of amidine groups is 1. The number of aromatic nitrogens is 2. The molecule has 1 atom stereocenters. The smallest absolute Gasteiger partial charge is 0.233 e. The van der Waals surface area contributed by atoms with Crippen molar-refractivity contribution in [3.8, 4) is 0 Å². The van der Waals surface area contributed by atoms with Crippen LogP contribution in [0.3, 0.4) is 0 Å². The van der Waals surface area contributed by atoms with E-state index in [-0.39, 0.29) is 24.1 Å². The van der Waals surface area contributed by atoms with Crippen LogP contribution in [-0.2, 0) is 17.8 Å². The van der Waals surface area contributed by atoms with E-state index < -0.39 is 41.2 Å². The Labute approximate surface area is 186 Å². The topological polar surface area (TPSA) is 96.8 Å². The molecule has 33 heavy (non-hydrogen) atoms. The lowest BCUT2D eigenvalue weighted by Crippen LogP contribution is -2.25. The number of hydrogen-bond acceptors (Lipinski definition) is 4. The van der Waals surface area contributed by atoms with Crippen molar-refractivity contribution in [3.63, 3.8) is 0 Å². The number of nitrogens with two attached hydrogens (primary N) is 1. The van der Waals surface area contributed by atoms with Gasteiger partial charge in [0.15, 0.2) is 11.6 Å². The maximum Gasteiger partial charge on any atom is 0.233 e. The van der Waals surface area contributed by atoms with Gasteiger partial charge in [-0.1, -0.05) is 0 Å². The summed E-state index contributed by atoms with van der Waals surface area (Å²) >= 11 is 0. The monoisotopic (exact) mass is 460 g/mol. The Kier molecular flexibility index (Phi) is 5.79. The number of benzene rings is 1. The fourth-order valence-corrected chi connectivity index (χ4v) is 3.76. The van der Waals surface area contributed by atoms with Crippen LogP contribution in [0.4, 0.5) is 17.6 Å². The fraction of sp³-hybridized carbons (Fsp3) is 0.227. The molecule has 1 aromatic carbocycles. The number of halogens is 4. The van der Waals surface area contributed by atoms with Gasteiger partial charge in [-0.2, -0.15) is 0 Å². The number of pyridine rings is 1. The largest absolute Gasteiger partial charge is 0.384 e. The molecule has 0 radical (unpaired) electrons. The molecule has 0 spiro atoms. The molecule has 0 aliphatic carbocycles. The van der Waals surface area contributed by atoms with Gasteiger partial charge >= 0.3 is 0 Å². The molecular weight excluding hydrogens is 440 g/mol. The summed E-state index contributed by atoms with van der Waals surface area (Å²) in [5.41, 5.74) is 6.91. The minimum Gasteiger partial charge on any atom is -0.384 e. The summed E-state index contributed by atoms with van der Waals surface area (Å²) in [5, 5.41) is 5.53. The van der Waals surface area contributed by atoms with Gasteiger partial charge < -0.3 is 20.8 Å². The number of imidazole rings is 1. The number of nitrogens with one attached hydrogen (secondary N) is 2. The molecule has 3 heterocycles. The number of rotatable bonds is 6. The van der Waals surface area contributed by atoms with Crippen molar-refractivity contribution in [1.82, 2.24) is 20.0 Å². The molecular formula is C22H20F4N6O. The summed E-state index contributed by atoms with van der Waals surface area (Å²) in [6.45, 7) is 1.64. The summed E-state index contributed by atoms with van der Waals surface area (Å²) < 4.78 is 57.2. The van der Waals surface area contributed by atoms with E-state index in [0.717, 1.165) is 12.3 Å². The van der Waals surface area contributed by atoms with Gasteiger partial charge in [-0.15, -0.1) is 0 Å². The Morgan fingerprint density at radius 3 is 2.67 bits per heavy atom. The normalized spacial score (nSPS) is 16.6. The molecule has 0 saturated carbocycles. The van der Waals surface area contributed by atoms with Gasteiger partial charge in [-0.05, 0) is 31.2 Å². The second-order valence-corrected chi connectivity index (χ2v) is 7.53. The average Bonchev–Trinajstić information content (AvgIpc) is 3.28. The third kappa shape index (κ3) is 4.01. The van der Waals surface area contributed by atoms with E-state index >= 15 is 0 Å². The molecule has 1 aliphatic heterocycles. The predicted molar refractivity (Wildman–Crippen MR) is 113 cm³/mol. The molecule has 1 aliphatic rings. The van der Waals surface area contributed by atoms with Crippen LogP contribution in [0.5, 0.6) is 0 Å². The van der Waals surface area contributed by atoms with Crippen LogP contribution in [0.25, 0.3) is 5.52 Å². The zero-order valence-corrected chi connectivity index (χ0v) is 17.7. The molecule has 0 bridgehead atoms. The van der Waals surface area contributed by atoms with E-state index in [0.29, 0.717) is 28.7 Å². The molecule has 2 aromatic heterocycles. The van der Waals surface area contributed by atoms with Gasteiger partial charge in [-0.25, -0.2) is 22.5 Å². The summed E-state index contributed by atoms with van der Waals surface area (Å²) in [6.07, 6.45) is 0.705. The van der Waals surface area contributed by atoms with Crippen molar-refractivity contribution in [3.05, 3.63) is 82.2 Å². The highest BCUT2D eigenvalue weighted by Crippen LogP contribution is 2.24. The molecule has 4 rings (SSSR count). The van der Waals surface area contributed by atoms with Crippen LogP contribution < -0.4 is 16.4 Å². The summed E-state index contributed by atoms with van der Waals surface area (Å²) in [6, 6.07) is 4.18. The highest BCUT2D eigenvalue weighted by atomic mass is 19.2. The lowest BCUT2D eigenvalue weighted by Gasteiger charge is -2.08. The highest BCUT2D eigenvalue weighted by Gasteiger charge is 2.31. The zero-order chi connectivity index (χ0) is 23.9. The Bertz CT molecular complexity index is 1330. The van der Waals surface area contributed by atoms with E-state index in [9.17, 15) is 22.4 Å². The quantitative estimate of drug-likeness (QED) is 0.228. The zero-order valence-electron chi connectivity index (χ0n) is 17.7. The molecule has 1 amide bonds. The van der Waals surface area contributed by atoms with E-state index in [1.807, 2.05) is 0 Å². The van der Waals surface area contributed by atoms with Gasteiger partial charge in [-0.3, -0.25) is 9.79 Å². The second kappa shape index (κ2) is 8.57. The lowest BCUT2D eigenvalue weighted by atomic mass is 10.0. The Morgan fingerprint density at radius 1 is 1.21 bits per heavy atom. The molecule has 4 N–H and O–H groups in total. The molecule has 1 unspecified atom stereocenters. The number of fused-ring (bicyclic) bond motifs is 1.